The highest BCUT2D eigenvalue weighted by molar-refractivity contribution is 5.56. The first-order valence-electron chi connectivity index (χ1n) is 5.31. The fourth-order valence-electron chi connectivity index (χ4n) is 1.36. The molecule has 2 aromatic rings. The maximum Gasteiger partial charge on any atom is 0.328 e. The number of azo groups is 1. The van der Waals surface area contributed by atoms with Crippen molar-refractivity contribution in [3.05, 3.63) is 49.2 Å². The van der Waals surface area contributed by atoms with E-state index in [1.165, 1.54) is 0 Å². The first kappa shape index (κ1) is 13.9. The molecular formula is C10H6N5O6-. The Bertz CT molecular complexity index is 852. The molecule has 3 N–H and O–H groups in total. The van der Waals surface area contributed by atoms with E-state index in [9.17, 15) is 29.9 Å². The first-order chi connectivity index (χ1) is 9.88. The number of nitro groups is 1. The Balaban J connectivity index is 2.47. The molecule has 0 atom stereocenters. The van der Waals surface area contributed by atoms with Gasteiger partial charge in [-0.1, -0.05) is 11.8 Å². The van der Waals surface area contributed by atoms with Gasteiger partial charge < -0.3 is 10.2 Å². The van der Waals surface area contributed by atoms with Gasteiger partial charge >= 0.3 is 5.69 Å². The van der Waals surface area contributed by atoms with E-state index in [1.807, 2.05) is 4.98 Å². The van der Waals surface area contributed by atoms with Crippen molar-refractivity contribution >= 4 is 17.1 Å². The minimum Gasteiger partial charge on any atom is -0.871 e. The highest BCUT2D eigenvalue weighted by Gasteiger charge is 2.09. The van der Waals surface area contributed by atoms with E-state index in [0.717, 1.165) is 18.2 Å². The number of hydrogen-bond acceptors (Lipinski definition) is 8. The number of nitro benzene ring substituents is 1. The predicted octanol–water partition coefficient (Wildman–Crippen LogP) is 0.166. The molecule has 0 saturated carbocycles. The molecule has 0 bridgehead atoms. The average molecular weight is 292 g/mol. The summed E-state index contributed by atoms with van der Waals surface area (Å²) in [6.45, 7) is 0. The zero-order valence-electron chi connectivity index (χ0n) is 10.1. The van der Waals surface area contributed by atoms with Crippen LogP contribution in [0.2, 0.25) is 0 Å². The number of benzene rings is 1. The molecular weight excluding hydrogens is 286 g/mol. The van der Waals surface area contributed by atoms with Gasteiger partial charge in [0.15, 0.2) is 0 Å². The maximum atomic E-state index is 11.5. The third-order valence-electron chi connectivity index (χ3n) is 2.31. The fourth-order valence-corrected chi connectivity index (χ4v) is 1.36. The molecule has 0 spiro atoms. The van der Waals surface area contributed by atoms with Crippen LogP contribution in [-0.2, 0) is 0 Å². The molecule has 0 fully saturated rings. The Hall–Kier alpha value is -3.50. The van der Waals surface area contributed by atoms with Crippen molar-refractivity contribution in [2.45, 2.75) is 0 Å². The van der Waals surface area contributed by atoms with Crippen molar-refractivity contribution in [1.82, 2.24) is 9.97 Å². The van der Waals surface area contributed by atoms with E-state index >= 15 is 0 Å². The third-order valence-corrected chi connectivity index (χ3v) is 2.31. The van der Waals surface area contributed by atoms with Gasteiger partial charge in [-0.05, 0) is 0 Å². The number of aromatic amines is 2. The second kappa shape index (κ2) is 5.24. The maximum absolute atomic E-state index is 11.5. The lowest BCUT2D eigenvalue weighted by atomic mass is 10.2. The van der Waals surface area contributed by atoms with Crippen molar-refractivity contribution < 1.29 is 15.1 Å². The number of non-ortho nitro benzene ring substituents is 1. The summed E-state index contributed by atoms with van der Waals surface area (Å²) in [5.41, 5.74) is -3.40. The van der Waals surface area contributed by atoms with Crippen molar-refractivity contribution in [3.63, 3.8) is 0 Å². The smallest absolute Gasteiger partial charge is 0.328 e. The van der Waals surface area contributed by atoms with Crippen molar-refractivity contribution in [3.8, 4) is 11.6 Å². The zero-order chi connectivity index (χ0) is 15.6. The number of aromatic nitrogens is 2. The largest absolute Gasteiger partial charge is 0.871 e. The molecule has 11 nitrogen and oxygen atoms in total. The van der Waals surface area contributed by atoms with Crippen LogP contribution >= 0.6 is 0 Å². The molecule has 1 aromatic heterocycles. The number of nitrogens with zero attached hydrogens (tertiary/aromatic N) is 3. The number of rotatable bonds is 3. The van der Waals surface area contributed by atoms with Crippen molar-refractivity contribution in [2.75, 3.05) is 0 Å². The lowest BCUT2D eigenvalue weighted by molar-refractivity contribution is -0.385. The van der Waals surface area contributed by atoms with Crippen molar-refractivity contribution in [2.24, 2.45) is 10.2 Å². The molecule has 1 aromatic carbocycles. The van der Waals surface area contributed by atoms with Gasteiger partial charge in [0.05, 0.1) is 10.6 Å². The Morgan fingerprint density at radius 2 is 1.90 bits per heavy atom. The van der Waals surface area contributed by atoms with Gasteiger partial charge in [-0.15, -0.1) is 5.11 Å². The summed E-state index contributed by atoms with van der Waals surface area (Å²) in [6, 6.07) is 2.78. The van der Waals surface area contributed by atoms with E-state index in [1.54, 1.807) is 4.98 Å². The molecule has 1 heterocycles. The number of hydrogen-bond donors (Lipinski definition) is 3. The number of H-pyrrole nitrogens is 2. The van der Waals surface area contributed by atoms with Gasteiger partial charge in [-0.2, -0.15) is 5.11 Å². The molecule has 0 unspecified atom stereocenters. The summed E-state index contributed by atoms with van der Waals surface area (Å²) in [5, 5.41) is 38.1. The topological polar surface area (TPSA) is 177 Å². The van der Waals surface area contributed by atoms with Crippen LogP contribution in [-0.4, -0.2) is 20.0 Å². The average Bonchev–Trinajstić information content (AvgIpc) is 2.39. The first-order valence-corrected chi connectivity index (χ1v) is 5.31. The second-order valence-corrected chi connectivity index (χ2v) is 3.71. The summed E-state index contributed by atoms with van der Waals surface area (Å²) >= 11 is 0. The Kier molecular flexibility index (Phi) is 3.47. The molecule has 11 heteroatoms. The van der Waals surface area contributed by atoms with Gasteiger partial charge in [0.2, 0.25) is 11.6 Å². The van der Waals surface area contributed by atoms with E-state index in [2.05, 4.69) is 10.2 Å². The van der Waals surface area contributed by atoms with Crippen LogP contribution in [0.25, 0.3) is 0 Å². The second-order valence-electron chi connectivity index (χ2n) is 3.71. The molecule has 0 amide bonds. The van der Waals surface area contributed by atoms with Crippen LogP contribution in [0.4, 0.5) is 17.1 Å². The summed E-state index contributed by atoms with van der Waals surface area (Å²) in [7, 11) is 0. The normalized spacial score (nSPS) is 10.9. The van der Waals surface area contributed by atoms with Gasteiger partial charge in [-0.3, -0.25) is 24.9 Å². The molecule has 0 radical (unpaired) electrons. The summed E-state index contributed by atoms with van der Waals surface area (Å²) < 4.78 is 0. The van der Waals surface area contributed by atoms with Gasteiger partial charge in [-0.25, -0.2) is 4.79 Å². The Morgan fingerprint density at radius 3 is 2.52 bits per heavy atom. The minimum atomic E-state index is -1.03. The van der Waals surface area contributed by atoms with Gasteiger partial charge in [0.1, 0.15) is 0 Å². The van der Waals surface area contributed by atoms with Crippen LogP contribution in [0.1, 0.15) is 0 Å². The van der Waals surface area contributed by atoms with Crippen LogP contribution in [0.5, 0.6) is 11.6 Å². The predicted molar refractivity (Wildman–Crippen MR) is 66.1 cm³/mol. The van der Waals surface area contributed by atoms with E-state index in [0.29, 0.717) is 0 Å². The lowest BCUT2D eigenvalue weighted by Gasteiger charge is -2.07. The number of nitrogens with one attached hydrogen (secondary N) is 2. The monoisotopic (exact) mass is 292 g/mol. The van der Waals surface area contributed by atoms with Crippen LogP contribution in [0, 0.1) is 10.1 Å². The third kappa shape index (κ3) is 2.91. The van der Waals surface area contributed by atoms with E-state index in [4.69, 9.17) is 0 Å². The molecule has 0 saturated heterocycles. The van der Waals surface area contributed by atoms with Crippen LogP contribution < -0.4 is 16.4 Å². The lowest BCUT2D eigenvalue weighted by Crippen LogP contribution is -2.20. The van der Waals surface area contributed by atoms with Crippen LogP contribution in [0.15, 0.2) is 38.0 Å². The number of aromatic hydroxyl groups is 1. The standard InChI is InChI=1S/C10H7N5O6/c16-6-2-1-4(15(20)21)3-5(6)13-14-7-8(17)11-10(19)12-9(7)18/h1-3,16H,(H3,11,12,17,18,19)/p-1. The van der Waals surface area contributed by atoms with Gasteiger partial charge in [0.25, 0.3) is 11.2 Å². The molecule has 0 aliphatic heterocycles. The minimum absolute atomic E-state index is 0.386. The van der Waals surface area contributed by atoms with Gasteiger partial charge in [0, 0.05) is 12.1 Å². The highest BCUT2D eigenvalue weighted by atomic mass is 16.6. The molecule has 2 rings (SSSR count). The summed E-state index contributed by atoms with van der Waals surface area (Å²) in [5.74, 6) is -1.50. The molecule has 108 valence electrons. The molecule has 21 heavy (non-hydrogen) atoms. The van der Waals surface area contributed by atoms with Crippen molar-refractivity contribution in [1.29, 1.82) is 0 Å². The van der Waals surface area contributed by atoms with E-state index < -0.39 is 39.2 Å². The van der Waals surface area contributed by atoms with Crippen LogP contribution in [0.3, 0.4) is 0 Å². The van der Waals surface area contributed by atoms with E-state index in [-0.39, 0.29) is 5.69 Å². The Morgan fingerprint density at radius 1 is 1.19 bits per heavy atom. The quantitative estimate of drug-likeness (QED) is 0.412. The fraction of sp³-hybridized carbons (Fsp3) is 0. The molecule has 0 aliphatic carbocycles. The SMILES string of the molecule is O=c1[nH]c(O)c(N=Nc2cc([N+](=O)[O-])ccc2[O-])c(=O)[nH]1. The Labute approximate surface area is 114 Å². The zero-order valence-corrected chi connectivity index (χ0v) is 10.1. The molecule has 0 aliphatic rings. The summed E-state index contributed by atoms with van der Waals surface area (Å²) in [4.78, 5) is 35.7. The summed E-state index contributed by atoms with van der Waals surface area (Å²) in [6.07, 6.45) is 0. The highest BCUT2D eigenvalue weighted by Crippen LogP contribution is 2.30.